The molecule has 5 heteroatoms. The summed E-state index contributed by atoms with van der Waals surface area (Å²) >= 11 is 5.84. The van der Waals surface area contributed by atoms with Gasteiger partial charge in [-0.3, -0.25) is 4.57 Å². The normalized spacial score (nSPS) is 11.0. The minimum absolute atomic E-state index is 0.146. The predicted molar refractivity (Wildman–Crippen MR) is 56.6 cm³/mol. The summed E-state index contributed by atoms with van der Waals surface area (Å²) in [6.07, 6.45) is 0. The lowest BCUT2D eigenvalue weighted by atomic mass is 10.3. The quantitative estimate of drug-likeness (QED) is 0.777. The Morgan fingerprint density at radius 1 is 1.50 bits per heavy atom. The molecule has 74 valence electrons. The highest BCUT2D eigenvalue weighted by molar-refractivity contribution is 6.31. The molecule has 3 N–H and O–H groups in total. The van der Waals surface area contributed by atoms with Gasteiger partial charge in [-0.05, 0) is 18.2 Å². The maximum atomic E-state index is 11.4. The number of halogens is 1. The van der Waals surface area contributed by atoms with Crippen molar-refractivity contribution in [1.29, 1.82) is 0 Å². The van der Waals surface area contributed by atoms with Gasteiger partial charge in [0, 0.05) is 18.1 Å². The topological polar surface area (TPSA) is 63.8 Å². The lowest BCUT2D eigenvalue weighted by Gasteiger charge is -1.99. The monoisotopic (exact) mass is 211 g/mol. The van der Waals surface area contributed by atoms with Gasteiger partial charge in [-0.2, -0.15) is 0 Å². The molecule has 0 saturated carbocycles. The molecule has 0 bridgehead atoms. The molecule has 2 aromatic rings. The molecule has 0 aliphatic rings. The number of rotatable bonds is 2. The van der Waals surface area contributed by atoms with Crippen molar-refractivity contribution in [3.05, 3.63) is 33.7 Å². The van der Waals surface area contributed by atoms with Crippen LogP contribution in [0, 0.1) is 0 Å². The number of benzene rings is 1. The molecule has 0 aliphatic heterocycles. The molecule has 0 fully saturated rings. The van der Waals surface area contributed by atoms with Gasteiger partial charge in [-0.25, -0.2) is 4.79 Å². The van der Waals surface area contributed by atoms with Gasteiger partial charge >= 0.3 is 5.69 Å². The molecule has 2 rings (SSSR count). The highest BCUT2D eigenvalue weighted by atomic mass is 35.5. The molecule has 0 spiro atoms. The number of aromatic nitrogens is 2. The first kappa shape index (κ1) is 9.30. The molecule has 0 radical (unpaired) electrons. The van der Waals surface area contributed by atoms with E-state index in [0.29, 0.717) is 18.1 Å². The molecule has 14 heavy (non-hydrogen) atoms. The van der Waals surface area contributed by atoms with E-state index < -0.39 is 0 Å². The van der Waals surface area contributed by atoms with Gasteiger partial charge in [0.1, 0.15) is 0 Å². The second kappa shape index (κ2) is 3.48. The van der Waals surface area contributed by atoms with Crippen LogP contribution >= 0.6 is 11.6 Å². The molecule has 1 aromatic heterocycles. The van der Waals surface area contributed by atoms with E-state index >= 15 is 0 Å². The Morgan fingerprint density at radius 3 is 3.00 bits per heavy atom. The van der Waals surface area contributed by atoms with Crippen LogP contribution in [0.1, 0.15) is 0 Å². The predicted octanol–water partition coefficient (Wildman–Crippen LogP) is 0.942. The summed E-state index contributed by atoms with van der Waals surface area (Å²) in [5.41, 5.74) is 6.85. The Labute approximate surface area is 85.3 Å². The SMILES string of the molecule is NCCn1c(=O)[nH]c2ccc(Cl)cc21. The van der Waals surface area contributed by atoms with Gasteiger partial charge in [0.2, 0.25) is 0 Å². The molecule has 1 heterocycles. The van der Waals surface area contributed by atoms with Crippen LogP contribution in [0.4, 0.5) is 0 Å². The van der Waals surface area contributed by atoms with Gasteiger partial charge in [0.05, 0.1) is 11.0 Å². The van der Waals surface area contributed by atoms with E-state index in [2.05, 4.69) is 4.98 Å². The molecular weight excluding hydrogens is 202 g/mol. The van der Waals surface area contributed by atoms with Gasteiger partial charge in [0.15, 0.2) is 0 Å². The third-order valence-corrected chi connectivity index (χ3v) is 2.33. The average molecular weight is 212 g/mol. The van der Waals surface area contributed by atoms with E-state index in [9.17, 15) is 4.79 Å². The summed E-state index contributed by atoms with van der Waals surface area (Å²) in [4.78, 5) is 14.2. The summed E-state index contributed by atoms with van der Waals surface area (Å²) in [7, 11) is 0. The number of fused-ring (bicyclic) bond motifs is 1. The molecule has 0 unspecified atom stereocenters. The third kappa shape index (κ3) is 1.42. The zero-order valence-electron chi connectivity index (χ0n) is 7.46. The third-order valence-electron chi connectivity index (χ3n) is 2.09. The molecule has 0 aliphatic carbocycles. The zero-order valence-corrected chi connectivity index (χ0v) is 8.21. The number of hydrogen-bond acceptors (Lipinski definition) is 2. The molecule has 4 nitrogen and oxygen atoms in total. The molecule has 0 amide bonds. The highest BCUT2D eigenvalue weighted by Crippen LogP contribution is 2.16. The fourth-order valence-electron chi connectivity index (χ4n) is 1.48. The summed E-state index contributed by atoms with van der Waals surface area (Å²) < 4.78 is 1.58. The largest absolute Gasteiger partial charge is 0.329 e. The van der Waals surface area contributed by atoms with Crippen molar-refractivity contribution in [1.82, 2.24) is 9.55 Å². The fourth-order valence-corrected chi connectivity index (χ4v) is 1.64. The Morgan fingerprint density at radius 2 is 2.29 bits per heavy atom. The van der Waals surface area contributed by atoms with Gasteiger partial charge < -0.3 is 10.7 Å². The Balaban J connectivity index is 2.73. The molecular formula is C9H10ClN3O. The summed E-state index contributed by atoms with van der Waals surface area (Å²) in [6, 6.07) is 5.28. The number of nitrogens with two attached hydrogens (primary N) is 1. The molecule has 0 saturated heterocycles. The van der Waals surface area contributed by atoms with Crippen LogP contribution in [-0.2, 0) is 6.54 Å². The fraction of sp³-hybridized carbons (Fsp3) is 0.222. The molecule has 1 aromatic carbocycles. The van der Waals surface area contributed by atoms with Crippen LogP contribution in [0.25, 0.3) is 11.0 Å². The minimum Gasteiger partial charge on any atom is -0.329 e. The average Bonchev–Trinajstić information content (AvgIpc) is 2.45. The van der Waals surface area contributed by atoms with Crippen molar-refractivity contribution >= 4 is 22.6 Å². The maximum Gasteiger partial charge on any atom is 0.326 e. The van der Waals surface area contributed by atoms with Crippen molar-refractivity contribution in [2.24, 2.45) is 5.73 Å². The zero-order chi connectivity index (χ0) is 10.1. The highest BCUT2D eigenvalue weighted by Gasteiger charge is 2.05. The van der Waals surface area contributed by atoms with Crippen molar-refractivity contribution in [3.63, 3.8) is 0 Å². The van der Waals surface area contributed by atoms with Gasteiger partial charge in [-0.1, -0.05) is 11.6 Å². The first-order valence-electron chi connectivity index (χ1n) is 4.30. The summed E-state index contributed by atoms with van der Waals surface area (Å²) in [6.45, 7) is 0.929. The first-order chi connectivity index (χ1) is 6.72. The van der Waals surface area contributed by atoms with Crippen LogP contribution in [0.5, 0.6) is 0 Å². The number of hydrogen-bond donors (Lipinski definition) is 2. The minimum atomic E-state index is -0.146. The summed E-state index contributed by atoms with van der Waals surface area (Å²) in [5, 5.41) is 0.613. The maximum absolute atomic E-state index is 11.4. The van der Waals surface area contributed by atoms with E-state index in [0.717, 1.165) is 11.0 Å². The smallest absolute Gasteiger partial charge is 0.326 e. The Kier molecular flexibility index (Phi) is 2.31. The van der Waals surface area contributed by atoms with Crippen molar-refractivity contribution in [3.8, 4) is 0 Å². The second-order valence-corrected chi connectivity index (χ2v) is 3.47. The lowest BCUT2D eigenvalue weighted by molar-refractivity contribution is 0.703. The number of nitrogens with one attached hydrogen (secondary N) is 1. The van der Waals surface area contributed by atoms with Crippen LogP contribution in [-0.4, -0.2) is 16.1 Å². The lowest BCUT2D eigenvalue weighted by Crippen LogP contribution is -2.21. The van der Waals surface area contributed by atoms with Crippen LogP contribution in [0.2, 0.25) is 5.02 Å². The van der Waals surface area contributed by atoms with E-state index in [4.69, 9.17) is 17.3 Å². The van der Waals surface area contributed by atoms with Crippen molar-refractivity contribution in [2.45, 2.75) is 6.54 Å². The van der Waals surface area contributed by atoms with Gasteiger partial charge in [0.25, 0.3) is 0 Å². The van der Waals surface area contributed by atoms with Crippen LogP contribution < -0.4 is 11.4 Å². The van der Waals surface area contributed by atoms with E-state index in [1.54, 1.807) is 22.8 Å². The number of aromatic amines is 1. The van der Waals surface area contributed by atoms with Crippen molar-refractivity contribution < 1.29 is 0 Å². The first-order valence-corrected chi connectivity index (χ1v) is 4.68. The molecule has 0 atom stereocenters. The van der Waals surface area contributed by atoms with Crippen molar-refractivity contribution in [2.75, 3.05) is 6.54 Å². The van der Waals surface area contributed by atoms with Crippen LogP contribution in [0.3, 0.4) is 0 Å². The Hall–Kier alpha value is -1.26. The second-order valence-electron chi connectivity index (χ2n) is 3.03. The van der Waals surface area contributed by atoms with E-state index in [-0.39, 0.29) is 5.69 Å². The summed E-state index contributed by atoms with van der Waals surface area (Å²) in [5.74, 6) is 0. The number of H-pyrrole nitrogens is 1. The number of nitrogens with zero attached hydrogens (tertiary/aromatic N) is 1. The van der Waals surface area contributed by atoms with Gasteiger partial charge in [-0.15, -0.1) is 0 Å². The standard InChI is InChI=1S/C9H10ClN3O/c10-6-1-2-7-8(5-6)13(4-3-11)9(14)12-7/h1-2,5H,3-4,11H2,(H,12,14). The Bertz CT molecular complexity index is 514. The van der Waals surface area contributed by atoms with Crippen LogP contribution in [0.15, 0.2) is 23.0 Å². The van der Waals surface area contributed by atoms with E-state index in [1.165, 1.54) is 0 Å². The number of imidazole rings is 1. The van der Waals surface area contributed by atoms with E-state index in [1.807, 2.05) is 0 Å².